The molecule has 0 aliphatic carbocycles. The predicted octanol–water partition coefficient (Wildman–Crippen LogP) is 2.96. The summed E-state index contributed by atoms with van der Waals surface area (Å²) in [6, 6.07) is 4.95. The Morgan fingerprint density at radius 3 is 3.13 bits per heavy atom. The maximum absolute atomic E-state index is 11.7. The Labute approximate surface area is 146 Å². The zero-order valence-corrected chi connectivity index (χ0v) is 15.7. The molecular formula is C16H22N2O3SSe. The number of nitrogens with one attached hydrogen (secondary N) is 1. The van der Waals surface area contributed by atoms with Crippen LogP contribution >= 0.6 is 10.2 Å². The zero-order valence-electron chi connectivity index (χ0n) is 13.2. The molecule has 1 unspecified atom stereocenters. The molecular weight excluding hydrogens is 379 g/mol. The molecule has 0 radical (unpaired) electrons. The van der Waals surface area contributed by atoms with Gasteiger partial charge in [-0.2, -0.15) is 0 Å². The van der Waals surface area contributed by atoms with E-state index in [4.69, 9.17) is 4.74 Å². The molecule has 1 aliphatic heterocycles. The van der Waals surface area contributed by atoms with E-state index in [-0.39, 0.29) is 11.7 Å². The minimum absolute atomic E-state index is 0.0504. The van der Waals surface area contributed by atoms with Gasteiger partial charge in [-0.25, -0.2) is 0 Å². The fourth-order valence-corrected chi connectivity index (χ4v) is 7.67. The maximum atomic E-state index is 11.7. The molecule has 1 fully saturated rings. The third kappa shape index (κ3) is 6.45. The third-order valence-corrected chi connectivity index (χ3v) is 8.93. The van der Waals surface area contributed by atoms with Crippen molar-refractivity contribution >= 4 is 36.1 Å². The number of unbranched alkanes of at least 4 members (excludes halogenated alkanes) is 1. The van der Waals surface area contributed by atoms with Gasteiger partial charge in [0.15, 0.2) is 5.75 Å². The molecule has 23 heavy (non-hydrogen) atoms. The summed E-state index contributed by atoms with van der Waals surface area (Å²) in [5.74, 6) is 1.72. The first-order valence-electron chi connectivity index (χ1n) is 7.66. The topological polar surface area (TPSA) is 70.9 Å². The molecule has 1 aromatic rings. The number of amides is 1. The van der Waals surface area contributed by atoms with E-state index in [0.29, 0.717) is 17.7 Å². The number of phenolic OH excluding ortho intramolecular Hbond substituents is 1. The van der Waals surface area contributed by atoms with Crippen molar-refractivity contribution in [3.05, 3.63) is 23.8 Å². The normalized spacial score (nSPS) is 17.5. The van der Waals surface area contributed by atoms with E-state index in [1.165, 1.54) is 38.0 Å². The van der Waals surface area contributed by atoms with Gasteiger partial charge in [-0.05, 0) is 0 Å². The monoisotopic (exact) mass is 402 g/mol. The number of hydrogen-bond acceptors (Lipinski definition) is 5. The van der Waals surface area contributed by atoms with Crippen LogP contribution in [-0.4, -0.2) is 43.9 Å². The van der Waals surface area contributed by atoms with Crippen LogP contribution in [0.5, 0.6) is 11.5 Å². The van der Waals surface area contributed by atoms with Crippen LogP contribution in [0, 0.1) is 0 Å². The summed E-state index contributed by atoms with van der Waals surface area (Å²) in [7, 11) is 3.59. The van der Waals surface area contributed by atoms with Gasteiger partial charge >= 0.3 is 124 Å². The van der Waals surface area contributed by atoms with Gasteiger partial charge in [-0.15, -0.1) is 0 Å². The first-order valence-corrected chi connectivity index (χ1v) is 11.7. The van der Waals surface area contributed by atoms with Crippen LogP contribution < -0.4 is 10.2 Å². The Bertz CT molecular complexity index is 548. The quantitative estimate of drug-likeness (QED) is 0.304. The molecule has 126 valence electrons. The number of benzene rings is 1. The Kier molecular flexibility index (Phi) is 7.79. The van der Waals surface area contributed by atoms with Crippen LogP contribution in [0.2, 0.25) is 4.82 Å². The number of carbonyl (C=O) groups is 1. The van der Waals surface area contributed by atoms with Crippen molar-refractivity contribution in [1.29, 1.82) is 0 Å². The van der Waals surface area contributed by atoms with Gasteiger partial charge in [0.1, 0.15) is 0 Å². The van der Waals surface area contributed by atoms with Crippen molar-refractivity contribution in [2.75, 3.05) is 12.9 Å². The van der Waals surface area contributed by atoms with E-state index in [0.717, 1.165) is 31.5 Å². The first kappa shape index (κ1) is 18.2. The molecule has 1 atom stereocenters. The van der Waals surface area contributed by atoms with Crippen molar-refractivity contribution < 1.29 is 14.6 Å². The van der Waals surface area contributed by atoms with Gasteiger partial charge in [0.2, 0.25) is 0 Å². The van der Waals surface area contributed by atoms with Crippen LogP contribution in [0.3, 0.4) is 0 Å². The number of nitrogens with zero attached hydrogens (tertiary/aromatic N) is 1. The second kappa shape index (κ2) is 9.85. The van der Waals surface area contributed by atoms with Gasteiger partial charge in [0.25, 0.3) is 0 Å². The second-order valence-electron chi connectivity index (χ2n) is 5.30. The molecule has 1 aliphatic rings. The summed E-state index contributed by atoms with van der Waals surface area (Å²) in [6.07, 6.45) is 6.68. The number of carbonyl (C=O) groups excluding carboxylic acids is 1. The van der Waals surface area contributed by atoms with Gasteiger partial charge in [-0.3, -0.25) is 0 Å². The second-order valence-corrected chi connectivity index (χ2v) is 10.2. The average Bonchev–Trinajstić information content (AvgIpc) is 3.05. The fourth-order valence-electron chi connectivity index (χ4n) is 2.24. The molecule has 0 saturated carbocycles. The third-order valence-electron chi connectivity index (χ3n) is 3.51. The summed E-state index contributed by atoms with van der Waals surface area (Å²) in [5.41, 5.74) is 3.22. The molecule has 7 heteroatoms. The number of hydrogen-bond donors (Lipinski definition) is 2. The minimum Gasteiger partial charge on any atom is -0.504 e. The Balaban J connectivity index is 1.64. The van der Waals surface area contributed by atoms with E-state index >= 15 is 0 Å². The number of rotatable bonds is 8. The standard InChI is InChI=1S/C16H22N2O3SSe/c1-21-15-7-6-12(10-14(15)19)11-17-18-16(20)5-3-2-4-13-8-9-22-23-13/h6-7,10-11,13,19H,2-5,8-9H2,1H3,(H,18,20)/b17-11+. The van der Waals surface area contributed by atoms with Gasteiger partial charge in [0, 0.05) is 0 Å². The number of phenols is 1. The van der Waals surface area contributed by atoms with Gasteiger partial charge < -0.3 is 9.84 Å². The first-order chi connectivity index (χ1) is 11.2. The van der Waals surface area contributed by atoms with E-state index in [1.54, 1.807) is 12.1 Å². The number of hydrazone groups is 1. The molecule has 5 nitrogen and oxygen atoms in total. The SMILES string of the molecule is COc1ccc(/C=N/NC(=O)CCCCC2CCS[Se]2)cc1O. The number of methoxy groups -OCH3 is 1. The minimum atomic E-state index is -0.0645. The molecule has 1 aromatic carbocycles. The predicted molar refractivity (Wildman–Crippen MR) is 95.4 cm³/mol. The smallest absolute Gasteiger partial charge is 0.504 e. The van der Waals surface area contributed by atoms with E-state index in [9.17, 15) is 9.90 Å². The van der Waals surface area contributed by atoms with Crippen molar-refractivity contribution in [2.45, 2.75) is 36.9 Å². The van der Waals surface area contributed by atoms with E-state index < -0.39 is 0 Å². The average molecular weight is 401 g/mol. The van der Waals surface area contributed by atoms with E-state index in [2.05, 4.69) is 20.7 Å². The van der Waals surface area contributed by atoms with Crippen molar-refractivity contribution in [1.82, 2.24) is 5.43 Å². The Morgan fingerprint density at radius 1 is 1.57 bits per heavy atom. The van der Waals surface area contributed by atoms with Gasteiger partial charge in [-0.1, -0.05) is 0 Å². The van der Waals surface area contributed by atoms with Crippen molar-refractivity contribution in [2.24, 2.45) is 5.10 Å². The Hall–Kier alpha value is -1.17. The van der Waals surface area contributed by atoms with Crippen LogP contribution in [-0.2, 0) is 4.79 Å². The molecule has 0 bridgehead atoms. The Morgan fingerprint density at radius 2 is 2.43 bits per heavy atom. The van der Waals surface area contributed by atoms with Crippen LogP contribution in [0.25, 0.3) is 0 Å². The summed E-state index contributed by atoms with van der Waals surface area (Å²) < 4.78 is 4.97. The molecule has 0 spiro atoms. The summed E-state index contributed by atoms with van der Waals surface area (Å²) in [6.45, 7) is 0. The van der Waals surface area contributed by atoms with Crippen LogP contribution in [0.1, 0.15) is 37.7 Å². The van der Waals surface area contributed by atoms with E-state index in [1.807, 2.05) is 0 Å². The molecule has 2 N–H and O–H groups in total. The number of ether oxygens (including phenoxy) is 1. The number of aromatic hydroxyl groups is 1. The summed E-state index contributed by atoms with van der Waals surface area (Å²) >= 11 is 0.760. The molecule has 1 amide bonds. The fraction of sp³-hybridized carbons (Fsp3) is 0.500. The van der Waals surface area contributed by atoms with Crippen LogP contribution in [0.15, 0.2) is 23.3 Å². The van der Waals surface area contributed by atoms with Gasteiger partial charge in [0.05, 0.1) is 7.11 Å². The summed E-state index contributed by atoms with van der Waals surface area (Å²) in [5, 5.41) is 13.6. The van der Waals surface area contributed by atoms with Crippen molar-refractivity contribution in [3.63, 3.8) is 0 Å². The molecule has 1 heterocycles. The zero-order chi connectivity index (χ0) is 16.5. The molecule has 1 saturated heterocycles. The molecule has 0 aromatic heterocycles. The molecule has 2 rings (SSSR count). The van der Waals surface area contributed by atoms with Crippen LogP contribution in [0.4, 0.5) is 0 Å². The summed E-state index contributed by atoms with van der Waals surface area (Å²) in [4.78, 5) is 12.6. The van der Waals surface area contributed by atoms with Crippen molar-refractivity contribution in [3.8, 4) is 11.5 Å².